The summed E-state index contributed by atoms with van der Waals surface area (Å²) >= 11 is 1.21. The molecule has 27 heavy (non-hydrogen) atoms. The van der Waals surface area contributed by atoms with E-state index in [1.165, 1.54) is 42.1 Å². The molecule has 7 nitrogen and oxygen atoms in total. The standard InChI is InChI=1S/C19H16N2O5S/c1-27-17-9-8-13(12-16(17)21(24)25)18(22)14-6-2-3-7-15(14)19(23)26-11-5-4-10-20/h2-3,6-9,12H,4-5,11H2,1H3. The van der Waals surface area contributed by atoms with Crippen molar-refractivity contribution in [1.82, 2.24) is 0 Å². The Hall–Kier alpha value is -3.18. The number of benzene rings is 2. The predicted molar refractivity (Wildman–Crippen MR) is 99.9 cm³/mol. The van der Waals surface area contributed by atoms with Gasteiger partial charge in [-0.05, 0) is 30.9 Å². The predicted octanol–water partition coefficient (Wildman–Crippen LogP) is 4.01. The van der Waals surface area contributed by atoms with E-state index in [1.54, 1.807) is 18.4 Å². The summed E-state index contributed by atoms with van der Waals surface area (Å²) < 4.78 is 5.10. The molecule has 8 heteroatoms. The number of esters is 1. The Balaban J connectivity index is 2.32. The zero-order valence-corrected chi connectivity index (χ0v) is 15.3. The van der Waals surface area contributed by atoms with Gasteiger partial charge >= 0.3 is 5.97 Å². The number of nitro benzene ring substituents is 1. The second-order valence-electron chi connectivity index (χ2n) is 5.42. The van der Waals surface area contributed by atoms with E-state index < -0.39 is 16.7 Å². The van der Waals surface area contributed by atoms with E-state index in [0.717, 1.165) is 0 Å². The minimum absolute atomic E-state index is 0.0722. The molecular weight excluding hydrogens is 368 g/mol. The lowest BCUT2D eigenvalue weighted by Gasteiger charge is -2.09. The third-order valence-electron chi connectivity index (χ3n) is 3.70. The van der Waals surface area contributed by atoms with Gasteiger partial charge in [-0.1, -0.05) is 18.2 Å². The number of carbonyl (C=O) groups excluding carboxylic acids is 2. The maximum atomic E-state index is 12.8. The first-order chi connectivity index (χ1) is 13.0. The molecule has 0 N–H and O–H groups in total. The van der Waals surface area contributed by atoms with Crippen LogP contribution in [0.1, 0.15) is 39.1 Å². The Morgan fingerprint density at radius 1 is 1.22 bits per heavy atom. The van der Waals surface area contributed by atoms with Crippen molar-refractivity contribution in [3.63, 3.8) is 0 Å². The number of nitro groups is 1. The number of hydrogen-bond acceptors (Lipinski definition) is 7. The van der Waals surface area contributed by atoms with Gasteiger partial charge in [-0.15, -0.1) is 11.8 Å². The fourth-order valence-electron chi connectivity index (χ4n) is 2.38. The van der Waals surface area contributed by atoms with Crippen molar-refractivity contribution in [2.24, 2.45) is 0 Å². The molecule has 0 amide bonds. The lowest BCUT2D eigenvalue weighted by molar-refractivity contribution is -0.387. The van der Waals surface area contributed by atoms with Crippen molar-refractivity contribution in [1.29, 1.82) is 5.26 Å². The van der Waals surface area contributed by atoms with E-state index in [-0.39, 0.29) is 35.4 Å². The Kier molecular flexibility index (Phi) is 7.08. The van der Waals surface area contributed by atoms with Crippen molar-refractivity contribution in [3.8, 4) is 6.07 Å². The first kappa shape index (κ1) is 20.1. The highest BCUT2D eigenvalue weighted by atomic mass is 32.2. The van der Waals surface area contributed by atoms with E-state index in [2.05, 4.69) is 0 Å². The van der Waals surface area contributed by atoms with Crippen molar-refractivity contribution >= 4 is 29.2 Å². The lowest BCUT2D eigenvalue weighted by atomic mass is 9.98. The summed E-state index contributed by atoms with van der Waals surface area (Å²) in [7, 11) is 0. The molecule has 0 unspecified atom stereocenters. The Morgan fingerprint density at radius 2 is 1.93 bits per heavy atom. The minimum atomic E-state index is -0.674. The number of ketones is 1. The average molecular weight is 384 g/mol. The lowest BCUT2D eigenvalue weighted by Crippen LogP contribution is -2.13. The van der Waals surface area contributed by atoms with Crippen molar-refractivity contribution in [2.45, 2.75) is 17.7 Å². The smallest absolute Gasteiger partial charge is 0.338 e. The first-order valence-electron chi connectivity index (χ1n) is 7.99. The largest absolute Gasteiger partial charge is 0.462 e. The van der Waals surface area contributed by atoms with Crippen LogP contribution in [0.3, 0.4) is 0 Å². The summed E-state index contributed by atoms with van der Waals surface area (Å²) in [5, 5.41) is 19.7. The highest BCUT2D eigenvalue weighted by Crippen LogP contribution is 2.29. The van der Waals surface area contributed by atoms with Crippen LogP contribution < -0.4 is 0 Å². The van der Waals surface area contributed by atoms with Gasteiger partial charge < -0.3 is 4.74 Å². The van der Waals surface area contributed by atoms with E-state index in [9.17, 15) is 19.7 Å². The highest BCUT2D eigenvalue weighted by molar-refractivity contribution is 7.98. The maximum Gasteiger partial charge on any atom is 0.338 e. The van der Waals surface area contributed by atoms with Crippen LogP contribution in [0.4, 0.5) is 5.69 Å². The second kappa shape index (κ2) is 9.50. The summed E-state index contributed by atoms with van der Waals surface area (Å²) in [6, 6.07) is 12.3. The fraction of sp³-hybridized carbons (Fsp3) is 0.211. The molecule has 0 aliphatic carbocycles. The maximum absolute atomic E-state index is 12.8. The van der Waals surface area contributed by atoms with Gasteiger partial charge in [0.2, 0.25) is 0 Å². The van der Waals surface area contributed by atoms with Crippen LogP contribution >= 0.6 is 11.8 Å². The summed E-state index contributed by atoms with van der Waals surface area (Å²) in [6.45, 7) is 0.0722. The monoisotopic (exact) mass is 384 g/mol. The van der Waals surface area contributed by atoms with Gasteiger partial charge in [0.1, 0.15) is 0 Å². The number of hydrogen-bond donors (Lipinski definition) is 0. The summed E-state index contributed by atoms with van der Waals surface area (Å²) in [5.74, 6) is -1.18. The van der Waals surface area contributed by atoms with E-state index in [1.807, 2.05) is 6.07 Å². The third-order valence-corrected chi connectivity index (χ3v) is 4.48. The van der Waals surface area contributed by atoms with Crippen molar-refractivity contribution < 1.29 is 19.2 Å². The fourth-order valence-corrected chi connectivity index (χ4v) is 2.93. The zero-order valence-electron chi connectivity index (χ0n) is 14.5. The van der Waals surface area contributed by atoms with Gasteiger partial charge in [0.15, 0.2) is 5.78 Å². The van der Waals surface area contributed by atoms with Gasteiger partial charge in [-0.25, -0.2) is 4.79 Å². The molecule has 0 fully saturated rings. The SMILES string of the molecule is CSc1ccc(C(=O)c2ccccc2C(=O)OCCCC#N)cc1[N+](=O)[O-]. The van der Waals surface area contributed by atoms with Gasteiger partial charge in [0, 0.05) is 23.6 Å². The van der Waals surface area contributed by atoms with Crippen LogP contribution in [0.15, 0.2) is 47.4 Å². The first-order valence-corrected chi connectivity index (χ1v) is 9.22. The highest BCUT2D eigenvalue weighted by Gasteiger charge is 2.22. The van der Waals surface area contributed by atoms with E-state index >= 15 is 0 Å². The number of rotatable bonds is 8. The number of nitrogens with zero attached hydrogens (tertiary/aromatic N) is 2. The van der Waals surface area contributed by atoms with Crippen molar-refractivity contribution in [2.75, 3.05) is 12.9 Å². The molecule has 138 valence electrons. The Morgan fingerprint density at radius 3 is 2.56 bits per heavy atom. The summed E-state index contributed by atoms with van der Waals surface area (Å²) in [5.41, 5.74) is 0.138. The molecule has 0 heterocycles. The quantitative estimate of drug-likeness (QED) is 0.169. The molecule has 0 saturated heterocycles. The van der Waals surface area contributed by atoms with Gasteiger partial charge in [0.05, 0.1) is 28.1 Å². The Bertz CT molecular complexity index is 921. The van der Waals surface area contributed by atoms with Crippen LogP contribution in [-0.4, -0.2) is 29.5 Å². The molecule has 0 aromatic heterocycles. The zero-order chi connectivity index (χ0) is 19.8. The summed E-state index contributed by atoms with van der Waals surface area (Å²) in [6.07, 6.45) is 2.38. The normalized spacial score (nSPS) is 10.1. The molecule has 0 saturated carbocycles. The van der Waals surface area contributed by atoms with E-state index in [0.29, 0.717) is 11.3 Å². The number of thioether (sulfide) groups is 1. The Labute approximate surface area is 160 Å². The number of ether oxygens (including phenoxy) is 1. The van der Waals surface area contributed by atoms with Crippen molar-refractivity contribution in [3.05, 3.63) is 69.3 Å². The summed E-state index contributed by atoms with van der Waals surface area (Å²) in [4.78, 5) is 36.2. The molecule has 0 atom stereocenters. The number of nitriles is 1. The molecule has 0 radical (unpaired) electrons. The molecule has 0 aliphatic heterocycles. The van der Waals surface area contributed by atoms with E-state index in [4.69, 9.17) is 10.00 Å². The average Bonchev–Trinajstić information content (AvgIpc) is 2.70. The number of carbonyl (C=O) groups is 2. The van der Waals surface area contributed by atoms with Crippen LogP contribution in [0.5, 0.6) is 0 Å². The second-order valence-corrected chi connectivity index (χ2v) is 6.26. The van der Waals surface area contributed by atoms with Gasteiger partial charge in [-0.3, -0.25) is 14.9 Å². The number of unbranched alkanes of at least 4 members (excludes halogenated alkanes) is 1. The third kappa shape index (κ3) is 4.92. The molecule has 2 rings (SSSR count). The molecule has 2 aromatic carbocycles. The topological polar surface area (TPSA) is 110 Å². The van der Waals surface area contributed by atoms with Crippen LogP contribution in [-0.2, 0) is 4.74 Å². The molecule has 2 aromatic rings. The van der Waals surface area contributed by atoms with Crippen LogP contribution in [0.2, 0.25) is 0 Å². The molecule has 0 spiro atoms. The molecule has 0 aliphatic rings. The van der Waals surface area contributed by atoms with Gasteiger partial charge in [0.25, 0.3) is 5.69 Å². The molecule has 0 bridgehead atoms. The van der Waals surface area contributed by atoms with Crippen LogP contribution in [0, 0.1) is 21.4 Å². The van der Waals surface area contributed by atoms with Gasteiger partial charge in [-0.2, -0.15) is 5.26 Å². The van der Waals surface area contributed by atoms with Crippen LogP contribution in [0.25, 0.3) is 0 Å². The molecular formula is C19H16N2O5S. The minimum Gasteiger partial charge on any atom is -0.462 e.